The predicted molar refractivity (Wildman–Crippen MR) is 120 cm³/mol. The highest BCUT2D eigenvalue weighted by atomic mass is 16.3. The van der Waals surface area contributed by atoms with Crippen LogP contribution in [0.1, 0.15) is 51.0 Å². The highest BCUT2D eigenvalue weighted by molar-refractivity contribution is 5.75. The van der Waals surface area contributed by atoms with Crippen LogP contribution < -0.4 is 5.32 Å². The number of nitrogens with one attached hydrogen (secondary N) is 1. The van der Waals surface area contributed by atoms with Crippen molar-refractivity contribution in [2.24, 2.45) is 11.8 Å². The maximum atomic E-state index is 11.4. The van der Waals surface area contributed by atoms with Crippen LogP contribution in [0.15, 0.2) is 54.6 Å². The molecule has 0 spiro atoms. The van der Waals surface area contributed by atoms with E-state index in [0.29, 0.717) is 32.2 Å². The number of aryl methyl sites for hydroxylation is 1. The summed E-state index contributed by atoms with van der Waals surface area (Å²) in [4.78, 5) is 11.4. The highest BCUT2D eigenvalue weighted by Gasteiger charge is 2.39. The first-order valence-corrected chi connectivity index (χ1v) is 11.2. The predicted octanol–water partition coefficient (Wildman–Crippen LogP) is 3.15. The van der Waals surface area contributed by atoms with Gasteiger partial charge in [0.1, 0.15) is 0 Å². The number of hydrogen-bond acceptors (Lipinski definition) is 4. The normalized spacial score (nSPS) is 25.2. The first-order chi connectivity index (χ1) is 14.5. The Morgan fingerprint density at radius 1 is 1.20 bits per heavy atom. The van der Waals surface area contributed by atoms with E-state index in [0.717, 1.165) is 19.3 Å². The van der Waals surface area contributed by atoms with Crippen LogP contribution in [-0.4, -0.2) is 46.1 Å². The van der Waals surface area contributed by atoms with Gasteiger partial charge in [0.15, 0.2) is 0 Å². The van der Waals surface area contributed by atoms with Gasteiger partial charge in [0.25, 0.3) is 0 Å². The van der Waals surface area contributed by atoms with Crippen molar-refractivity contribution < 1.29 is 20.1 Å². The first-order valence-electron chi connectivity index (χ1n) is 11.2. The number of unbranched alkanes of at least 4 members (excludes halogenated alkanes) is 1. The topological polar surface area (TPSA) is 89.8 Å². The zero-order valence-corrected chi connectivity index (χ0v) is 18.0. The van der Waals surface area contributed by atoms with Gasteiger partial charge in [-0.15, -0.1) is 0 Å². The number of hydrogen-bond donors (Lipinski definition) is 4. The van der Waals surface area contributed by atoms with Gasteiger partial charge in [0, 0.05) is 25.3 Å². The van der Waals surface area contributed by atoms with Crippen molar-refractivity contribution in [3.8, 4) is 0 Å². The molecule has 5 nitrogen and oxygen atoms in total. The largest absolute Gasteiger partial charge is 0.393 e. The van der Waals surface area contributed by atoms with Gasteiger partial charge < -0.3 is 20.6 Å². The number of aliphatic hydroxyl groups excluding tert-OH is 3. The lowest BCUT2D eigenvalue weighted by Crippen LogP contribution is -2.21. The third-order valence-corrected chi connectivity index (χ3v) is 5.77. The summed E-state index contributed by atoms with van der Waals surface area (Å²) in [6.07, 6.45) is 10.6. The van der Waals surface area contributed by atoms with E-state index in [2.05, 4.69) is 5.32 Å². The summed E-state index contributed by atoms with van der Waals surface area (Å²) in [6, 6.07) is 10.1. The molecule has 166 valence electrons. The minimum absolute atomic E-state index is 0.0581. The molecule has 0 saturated heterocycles. The molecule has 0 aromatic heterocycles. The molecule has 5 atom stereocenters. The molecule has 1 aliphatic rings. The second-order valence-corrected chi connectivity index (χ2v) is 8.14. The Balaban J connectivity index is 1.78. The van der Waals surface area contributed by atoms with Gasteiger partial charge >= 0.3 is 0 Å². The fraction of sp³-hybridized carbons (Fsp3) is 0.560. The van der Waals surface area contributed by atoms with Gasteiger partial charge in [0.05, 0.1) is 18.3 Å². The van der Waals surface area contributed by atoms with Crippen LogP contribution in [0.3, 0.4) is 0 Å². The van der Waals surface area contributed by atoms with Gasteiger partial charge in [-0.25, -0.2) is 0 Å². The van der Waals surface area contributed by atoms with Crippen LogP contribution in [0, 0.1) is 11.8 Å². The van der Waals surface area contributed by atoms with Gasteiger partial charge in [-0.1, -0.05) is 54.6 Å². The lowest BCUT2D eigenvalue weighted by molar-refractivity contribution is -0.121. The maximum absolute atomic E-state index is 11.4. The zero-order valence-electron chi connectivity index (χ0n) is 18.0. The van der Waals surface area contributed by atoms with E-state index in [1.165, 1.54) is 5.56 Å². The van der Waals surface area contributed by atoms with Crippen molar-refractivity contribution >= 4 is 5.91 Å². The van der Waals surface area contributed by atoms with Crippen LogP contribution in [0.2, 0.25) is 0 Å². The fourth-order valence-electron chi connectivity index (χ4n) is 4.06. The molecule has 30 heavy (non-hydrogen) atoms. The minimum atomic E-state index is -0.589. The molecule has 5 heteroatoms. The number of allylic oxidation sites excluding steroid dienone is 2. The summed E-state index contributed by atoms with van der Waals surface area (Å²) in [5.74, 6) is -0.139. The van der Waals surface area contributed by atoms with E-state index < -0.39 is 18.3 Å². The van der Waals surface area contributed by atoms with E-state index in [9.17, 15) is 20.1 Å². The molecule has 0 bridgehead atoms. The quantitative estimate of drug-likeness (QED) is 0.312. The fourth-order valence-corrected chi connectivity index (χ4v) is 4.06. The SMILES string of the molecule is CCNC(=O)CCC/C=C/CC1C(O)CC(O)[C@@H]1/C=C/[C@H](O)CCc1ccccc1. The van der Waals surface area contributed by atoms with E-state index in [1.807, 2.05) is 55.5 Å². The molecular weight excluding hydrogens is 378 g/mol. The lowest BCUT2D eigenvalue weighted by Gasteiger charge is -2.19. The van der Waals surface area contributed by atoms with Crippen molar-refractivity contribution in [2.45, 2.75) is 70.2 Å². The number of rotatable bonds is 12. The Morgan fingerprint density at radius 3 is 2.70 bits per heavy atom. The average Bonchev–Trinajstić information content (AvgIpc) is 3.00. The summed E-state index contributed by atoms with van der Waals surface area (Å²) in [6.45, 7) is 2.57. The Kier molecular flexibility index (Phi) is 10.8. The van der Waals surface area contributed by atoms with E-state index in [-0.39, 0.29) is 17.7 Å². The van der Waals surface area contributed by atoms with Crippen molar-refractivity contribution in [2.75, 3.05) is 6.54 Å². The highest BCUT2D eigenvalue weighted by Crippen LogP contribution is 2.36. The van der Waals surface area contributed by atoms with Crippen molar-refractivity contribution in [1.82, 2.24) is 5.32 Å². The van der Waals surface area contributed by atoms with Crippen LogP contribution in [0.25, 0.3) is 0 Å². The number of benzene rings is 1. The molecule has 1 amide bonds. The van der Waals surface area contributed by atoms with Gasteiger partial charge in [-0.2, -0.15) is 0 Å². The number of carbonyl (C=O) groups excluding carboxylic acids is 1. The molecule has 0 aliphatic heterocycles. The molecule has 1 fully saturated rings. The number of aliphatic hydroxyl groups is 3. The molecule has 1 aliphatic carbocycles. The molecule has 1 aromatic rings. The van der Waals surface area contributed by atoms with Crippen molar-refractivity contribution in [3.05, 3.63) is 60.2 Å². The summed E-state index contributed by atoms with van der Waals surface area (Å²) < 4.78 is 0. The number of carbonyl (C=O) groups is 1. The van der Waals surface area contributed by atoms with Gasteiger partial charge in [-0.3, -0.25) is 4.79 Å². The molecule has 0 heterocycles. The summed E-state index contributed by atoms with van der Waals surface area (Å²) in [5, 5.41) is 33.8. The lowest BCUT2D eigenvalue weighted by atomic mass is 9.89. The van der Waals surface area contributed by atoms with Crippen LogP contribution in [0.5, 0.6) is 0 Å². The van der Waals surface area contributed by atoms with E-state index in [1.54, 1.807) is 6.08 Å². The monoisotopic (exact) mass is 415 g/mol. The maximum Gasteiger partial charge on any atom is 0.219 e. The third kappa shape index (κ3) is 8.42. The van der Waals surface area contributed by atoms with E-state index in [4.69, 9.17) is 0 Å². The summed E-state index contributed by atoms with van der Waals surface area (Å²) >= 11 is 0. The molecule has 3 unspecified atom stereocenters. The molecule has 1 saturated carbocycles. The molecule has 4 N–H and O–H groups in total. The smallest absolute Gasteiger partial charge is 0.219 e. The Hall–Kier alpha value is -1.95. The van der Waals surface area contributed by atoms with Crippen LogP contribution in [0.4, 0.5) is 0 Å². The Labute approximate surface area is 180 Å². The Morgan fingerprint density at radius 2 is 1.97 bits per heavy atom. The Bertz CT molecular complexity index is 673. The molecule has 0 radical (unpaired) electrons. The zero-order chi connectivity index (χ0) is 21.8. The van der Waals surface area contributed by atoms with Gasteiger partial charge in [0.2, 0.25) is 5.91 Å². The first kappa shape index (κ1) is 24.3. The van der Waals surface area contributed by atoms with Crippen LogP contribution >= 0.6 is 0 Å². The average molecular weight is 416 g/mol. The van der Waals surface area contributed by atoms with Gasteiger partial charge in [-0.05, 0) is 50.5 Å². The molecular formula is C25H37NO4. The summed E-state index contributed by atoms with van der Waals surface area (Å²) in [5.41, 5.74) is 1.19. The van der Waals surface area contributed by atoms with Crippen molar-refractivity contribution in [3.63, 3.8) is 0 Å². The van der Waals surface area contributed by atoms with Crippen molar-refractivity contribution in [1.29, 1.82) is 0 Å². The standard InChI is InChI=1S/C25H37NO4/c1-2-26-25(30)13-9-4-3-8-12-21-22(24(29)18-23(21)28)17-16-20(27)15-14-19-10-6-5-7-11-19/h3,5-8,10-11,16-17,20-24,27-29H,2,4,9,12-15,18H2,1H3,(H,26,30)/b8-3+,17-16+/t20-,21?,22-,23?,24?/m1/s1. The number of amides is 1. The molecule has 1 aromatic carbocycles. The van der Waals surface area contributed by atoms with E-state index >= 15 is 0 Å². The molecule has 2 rings (SSSR count). The summed E-state index contributed by atoms with van der Waals surface area (Å²) in [7, 11) is 0. The second kappa shape index (κ2) is 13.4. The minimum Gasteiger partial charge on any atom is -0.393 e. The van der Waals surface area contributed by atoms with Crippen LogP contribution in [-0.2, 0) is 11.2 Å². The third-order valence-electron chi connectivity index (χ3n) is 5.77. The second-order valence-electron chi connectivity index (χ2n) is 8.14.